The van der Waals surface area contributed by atoms with Gasteiger partial charge in [-0.15, -0.1) is 11.3 Å². The Morgan fingerprint density at radius 2 is 2.38 bits per heavy atom. The Kier molecular flexibility index (Phi) is 4.41. The predicted octanol–water partition coefficient (Wildman–Crippen LogP) is 3.07. The van der Waals surface area contributed by atoms with Gasteiger partial charge in [0.25, 0.3) is 0 Å². The van der Waals surface area contributed by atoms with E-state index in [0.717, 1.165) is 6.54 Å². The lowest BCUT2D eigenvalue weighted by atomic mass is 10.1. The van der Waals surface area contributed by atoms with Crippen LogP contribution in [0.2, 0.25) is 0 Å². The average molecular weight is 304 g/mol. The van der Waals surface area contributed by atoms with Crippen molar-refractivity contribution in [3.8, 4) is 0 Å². The molecule has 1 aromatic heterocycles. The Balaban J connectivity index is 1.87. The zero-order valence-corrected chi connectivity index (χ0v) is 11.9. The monoisotopic (exact) mass is 303 g/mol. The van der Waals surface area contributed by atoms with Gasteiger partial charge in [-0.3, -0.25) is 0 Å². The van der Waals surface area contributed by atoms with Gasteiger partial charge in [0.1, 0.15) is 0 Å². The van der Waals surface area contributed by atoms with E-state index in [2.05, 4.69) is 34.2 Å². The van der Waals surface area contributed by atoms with Gasteiger partial charge in [-0.1, -0.05) is 6.42 Å². The molecular formula is C12H18BrNOS. The van der Waals surface area contributed by atoms with E-state index < -0.39 is 0 Å². The molecule has 0 amide bonds. The number of nitrogens with one attached hydrogen (secondary N) is 1. The number of aliphatic hydroxyl groups is 1. The van der Waals surface area contributed by atoms with Crippen LogP contribution in [0.1, 0.15) is 29.7 Å². The molecule has 1 aromatic rings. The molecule has 0 radical (unpaired) electrons. The molecule has 1 fully saturated rings. The second kappa shape index (κ2) is 5.63. The quantitative estimate of drug-likeness (QED) is 0.896. The van der Waals surface area contributed by atoms with Crippen LogP contribution in [0.25, 0.3) is 0 Å². The summed E-state index contributed by atoms with van der Waals surface area (Å²) in [6.07, 6.45) is 3.62. The zero-order chi connectivity index (χ0) is 11.5. The van der Waals surface area contributed by atoms with E-state index in [9.17, 15) is 5.11 Å². The van der Waals surface area contributed by atoms with Gasteiger partial charge in [0.15, 0.2) is 0 Å². The summed E-state index contributed by atoms with van der Waals surface area (Å²) in [5.41, 5.74) is 1.31. The Morgan fingerprint density at radius 1 is 1.56 bits per heavy atom. The van der Waals surface area contributed by atoms with Crippen LogP contribution in [0.3, 0.4) is 0 Å². The second-order valence-electron chi connectivity index (χ2n) is 4.53. The van der Waals surface area contributed by atoms with Gasteiger partial charge in [-0.25, -0.2) is 0 Å². The standard InChI is InChI=1S/C12H18BrNOS/c1-8-5-10(16-12(8)13)6-14-11-4-2-3-9(11)7-15/h5,9,11,14-15H,2-4,6-7H2,1H3. The molecule has 90 valence electrons. The largest absolute Gasteiger partial charge is 0.396 e. The summed E-state index contributed by atoms with van der Waals surface area (Å²) in [5, 5.41) is 12.8. The molecular weight excluding hydrogens is 286 g/mol. The molecule has 2 N–H and O–H groups in total. The van der Waals surface area contributed by atoms with E-state index in [-0.39, 0.29) is 0 Å². The van der Waals surface area contributed by atoms with E-state index in [1.807, 2.05) is 0 Å². The molecule has 0 aromatic carbocycles. The molecule has 0 aliphatic heterocycles. The zero-order valence-electron chi connectivity index (χ0n) is 9.50. The average Bonchev–Trinajstić information content (AvgIpc) is 2.83. The van der Waals surface area contributed by atoms with Crippen LogP contribution < -0.4 is 5.32 Å². The molecule has 2 atom stereocenters. The fourth-order valence-electron chi connectivity index (χ4n) is 2.37. The minimum Gasteiger partial charge on any atom is -0.396 e. The van der Waals surface area contributed by atoms with Crippen LogP contribution in [0, 0.1) is 12.8 Å². The molecule has 1 saturated carbocycles. The maximum absolute atomic E-state index is 9.24. The van der Waals surface area contributed by atoms with E-state index >= 15 is 0 Å². The smallest absolute Gasteiger partial charge is 0.0730 e. The first-order valence-corrected chi connectivity index (χ1v) is 7.40. The first-order chi connectivity index (χ1) is 7.70. The van der Waals surface area contributed by atoms with Gasteiger partial charge in [0.05, 0.1) is 3.79 Å². The molecule has 1 heterocycles. The van der Waals surface area contributed by atoms with E-state index in [0.29, 0.717) is 18.6 Å². The lowest BCUT2D eigenvalue weighted by Crippen LogP contribution is -2.33. The van der Waals surface area contributed by atoms with Crippen molar-refractivity contribution in [1.82, 2.24) is 5.32 Å². The Labute approximate surface area is 109 Å². The summed E-state index contributed by atoms with van der Waals surface area (Å²) >= 11 is 5.34. The maximum Gasteiger partial charge on any atom is 0.0730 e. The molecule has 2 rings (SSSR count). The minimum atomic E-state index is 0.324. The third-order valence-electron chi connectivity index (χ3n) is 3.34. The molecule has 4 heteroatoms. The van der Waals surface area contributed by atoms with E-state index in [1.54, 1.807) is 11.3 Å². The van der Waals surface area contributed by atoms with Crippen molar-refractivity contribution in [3.05, 3.63) is 20.3 Å². The summed E-state index contributed by atoms with van der Waals surface area (Å²) < 4.78 is 1.23. The highest BCUT2D eigenvalue weighted by molar-refractivity contribution is 9.11. The SMILES string of the molecule is Cc1cc(CNC2CCCC2CO)sc1Br. The second-order valence-corrected chi connectivity index (χ2v) is 6.99. The number of rotatable bonds is 4. The van der Waals surface area contributed by atoms with Crippen molar-refractivity contribution in [2.75, 3.05) is 6.61 Å². The van der Waals surface area contributed by atoms with Crippen molar-refractivity contribution in [3.63, 3.8) is 0 Å². The summed E-state index contributed by atoms with van der Waals surface area (Å²) in [6, 6.07) is 2.73. The highest BCUT2D eigenvalue weighted by Gasteiger charge is 2.25. The van der Waals surface area contributed by atoms with Gasteiger partial charge in [0.2, 0.25) is 0 Å². The van der Waals surface area contributed by atoms with Crippen LogP contribution >= 0.6 is 27.3 Å². The lowest BCUT2D eigenvalue weighted by Gasteiger charge is -2.18. The fourth-order valence-corrected chi connectivity index (χ4v) is 3.95. The normalized spacial score (nSPS) is 25.2. The third-order valence-corrected chi connectivity index (χ3v) is 5.48. The number of aryl methyl sites for hydroxylation is 1. The van der Waals surface area contributed by atoms with E-state index in [4.69, 9.17) is 0 Å². The Hall–Kier alpha value is 0.100. The molecule has 16 heavy (non-hydrogen) atoms. The number of halogens is 1. The maximum atomic E-state index is 9.24. The summed E-state index contributed by atoms with van der Waals surface area (Å²) in [6.45, 7) is 3.37. The molecule has 0 bridgehead atoms. The summed E-state index contributed by atoms with van der Waals surface area (Å²) in [7, 11) is 0. The van der Waals surface area contributed by atoms with Gasteiger partial charge in [0, 0.05) is 24.1 Å². The van der Waals surface area contributed by atoms with Crippen LogP contribution in [-0.4, -0.2) is 17.8 Å². The summed E-state index contributed by atoms with van der Waals surface area (Å²) in [5.74, 6) is 0.462. The lowest BCUT2D eigenvalue weighted by molar-refractivity contribution is 0.205. The van der Waals surface area contributed by atoms with Gasteiger partial charge >= 0.3 is 0 Å². The van der Waals surface area contributed by atoms with Crippen LogP contribution in [0.4, 0.5) is 0 Å². The van der Waals surface area contributed by atoms with Crippen molar-refractivity contribution in [1.29, 1.82) is 0 Å². The van der Waals surface area contributed by atoms with Gasteiger partial charge in [-0.2, -0.15) is 0 Å². The van der Waals surface area contributed by atoms with Crippen molar-refractivity contribution in [2.24, 2.45) is 5.92 Å². The van der Waals surface area contributed by atoms with E-state index in [1.165, 1.54) is 33.5 Å². The van der Waals surface area contributed by atoms with Gasteiger partial charge < -0.3 is 10.4 Å². The predicted molar refractivity (Wildman–Crippen MR) is 71.8 cm³/mol. The van der Waals surface area contributed by atoms with Crippen molar-refractivity contribution < 1.29 is 5.11 Å². The molecule has 2 nitrogen and oxygen atoms in total. The Bertz CT molecular complexity index is 333. The number of thiophene rings is 1. The first kappa shape index (κ1) is 12.6. The van der Waals surface area contributed by atoms with Crippen LogP contribution in [0.5, 0.6) is 0 Å². The Morgan fingerprint density at radius 3 is 3.00 bits per heavy atom. The highest BCUT2D eigenvalue weighted by Crippen LogP contribution is 2.29. The minimum absolute atomic E-state index is 0.324. The molecule has 1 aliphatic rings. The first-order valence-electron chi connectivity index (χ1n) is 5.79. The fraction of sp³-hybridized carbons (Fsp3) is 0.667. The van der Waals surface area contributed by atoms with Crippen molar-refractivity contribution >= 4 is 27.3 Å². The molecule has 1 aliphatic carbocycles. The topological polar surface area (TPSA) is 32.3 Å². The van der Waals surface area contributed by atoms with Crippen LogP contribution in [0.15, 0.2) is 9.85 Å². The van der Waals surface area contributed by atoms with Crippen molar-refractivity contribution in [2.45, 2.75) is 38.8 Å². The molecule has 2 unspecified atom stereocenters. The van der Waals surface area contributed by atoms with Crippen LogP contribution in [-0.2, 0) is 6.54 Å². The molecule has 0 spiro atoms. The summed E-state index contributed by atoms with van der Waals surface area (Å²) in [4.78, 5) is 1.37. The highest BCUT2D eigenvalue weighted by atomic mass is 79.9. The van der Waals surface area contributed by atoms with Gasteiger partial charge in [-0.05, 0) is 53.2 Å². The number of hydrogen-bond acceptors (Lipinski definition) is 3. The number of aliphatic hydroxyl groups excluding tert-OH is 1. The third kappa shape index (κ3) is 2.86. The number of hydrogen-bond donors (Lipinski definition) is 2. The molecule has 0 saturated heterocycles.